The Hall–Kier alpha value is -4.46. The molecule has 4 rings (SSSR count). The standard InChI is InChI=1S/C31H23F10NO3/c32-27-13-5-12-26(30(36,37)38)24(27)16-42(28(17-43)23-10-1-2-11-25(23)29(33,34)35)20-7-4-8-21(15-20)44-18-19-6-3-9-22(14-19)45-31(39,40)41/h1-15,28,43H,16-18H2. The maximum atomic E-state index is 14.9. The normalized spacial score (nSPS) is 13.0. The summed E-state index contributed by atoms with van der Waals surface area (Å²) in [5.41, 5.74) is -3.68. The zero-order valence-electron chi connectivity index (χ0n) is 22.8. The van der Waals surface area contributed by atoms with Crippen molar-refractivity contribution in [3.05, 3.63) is 125 Å². The van der Waals surface area contributed by atoms with Crippen LogP contribution in [0.15, 0.2) is 91.0 Å². The Morgan fingerprint density at radius 1 is 0.689 bits per heavy atom. The van der Waals surface area contributed by atoms with Gasteiger partial charge in [0.15, 0.2) is 0 Å². The van der Waals surface area contributed by atoms with Crippen LogP contribution in [0.2, 0.25) is 0 Å². The predicted octanol–water partition coefficient (Wildman–Crippen LogP) is 9.08. The Balaban J connectivity index is 1.76. The summed E-state index contributed by atoms with van der Waals surface area (Å²) >= 11 is 0. The van der Waals surface area contributed by atoms with Gasteiger partial charge < -0.3 is 19.5 Å². The van der Waals surface area contributed by atoms with Gasteiger partial charge in [0, 0.05) is 23.9 Å². The molecule has 0 aromatic heterocycles. The molecule has 0 saturated heterocycles. The number of benzene rings is 4. The van der Waals surface area contributed by atoms with E-state index < -0.39 is 71.7 Å². The van der Waals surface area contributed by atoms with Crippen LogP contribution in [-0.2, 0) is 25.5 Å². The fourth-order valence-corrected chi connectivity index (χ4v) is 4.70. The van der Waals surface area contributed by atoms with Crippen molar-refractivity contribution in [3.8, 4) is 11.5 Å². The van der Waals surface area contributed by atoms with Crippen molar-refractivity contribution in [3.63, 3.8) is 0 Å². The number of anilines is 1. The largest absolute Gasteiger partial charge is 0.573 e. The van der Waals surface area contributed by atoms with E-state index in [9.17, 15) is 49.0 Å². The summed E-state index contributed by atoms with van der Waals surface area (Å²) in [6.45, 7) is -2.23. The fraction of sp³-hybridized carbons (Fsp3) is 0.226. The van der Waals surface area contributed by atoms with E-state index >= 15 is 0 Å². The smallest absolute Gasteiger partial charge is 0.489 e. The first-order valence-corrected chi connectivity index (χ1v) is 13.0. The topological polar surface area (TPSA) is 41.9 Å². The number of ether oxygens (including phenoxy) is 2. The first-order valence-electron chi connectivity index (χ1n) is 13.0. The minimum atomic E-state index is -5.02. The molecule has 1 unspecified atom stereocenters. The van der Waals surface area contributed by atoms with Crippen molar-refractivity contribution < 1.29 is 58.5 Å². The Morgan fingerprint density at radius 3 is 1.98 bits per heavy atom. The molecule has 14 heteroatoms. The number of rotatable bonds is 10. The van der Waals surface area contributed by atoms with Crippen LogP contribution >= 0.6 is 0 Å². The maximum Gasteiger partial charge on any atom is 0.573 e. The number of halogens is 10. The summed E-state index contributed by atoms with van der Waals surface area (Å²) in [7, 11) is 0. The highest BCUT2D eigenvalue weighted by Crippen LogP contribution is 2.41. The van der Waals surface area contributed by atoms with Gasteiger partial charge >= 0.3 is 18.7 Å². The molecule has 45 heavy (non-hydrogen) atoms. The van der Waals surface area contributed by atoms with E-state index in [1.807, 2.05) is 0 Å². The summed E-state index contributed by atoms with van der Waals surface area (Å²) in [4.78, 5) is 0.989. The average molecular weight is 648 g/mol. The van der Waals surface area contributed by atoms with Crippen LogP contribution < -0.4 is 14.4 Å². The second-order valence-electron chi connectivity index (χ2n) is 9.66. The van der Waals surface area contributed by atoms with Gasteiger partial charge in [0.1, 0.15) is 23.9 Å². The van der Waals surface area contributed by atoms with Crippen molar-refractivity contribution in [2.24, 2.45) is 0 Å². The van der Waals surface area contributed by atoms with Crippen molar-refractivity contribution in [1.29, 1.82) is 0 Å². The predicted molar refractivity (Wildman–Crippen MR) is 143 cm³/mol. The van der Waals surface area contributed by atoms with Crippen LogP contribution in [0.25, 0.3) is 0 Å². The Labute approximate surface area is 250 Å². The van der Waals surface area contributed by atoms with Crippen LogP contribution in [-0.4, -0.2) is 18.1 Å². The van der Waals surface area contributed by atoms with E-state index in [2.05, 4.69) is 4.74 Å². The van der Waals surface area contributed by atoms with E-state index in [-0.39, 0.29) is 23.6 Å². The van der Waals surface area contributed by atoms with E-state index in [1.165, 1.54) is 42.5 Å². The summed E-state index contributed by atoms with van der Waals surface area (Å²) < 4.78 is 146. The summed E-state index contributed by atoms with van der Waals surface area (Å²) in [6, 6.07) is 15.0. The zero-order valence-corrected chi connectivity index (χ0v) is 22.8. The quantitative estimate of drug-likeness (QED) is 0.175. The third-order valence-electron chi connectivity index (χ3n) is 6.61. The van der Waals surface area contributed by atoms with Crippen LogP contribution in [0.1, 0.15) is 33.9 Å². The van der Waals surface area contributed by atoms with Crippen molar-refractivity contribution in [2.75, 3.05) is 11.5 Å². The molecule has 0 spiro atoms. The molecule has 4 aromatic rings. The molecule has 0 heterocycles. The minimum Gasteiger partial charge on any atom is -0.489 e. The highest BCUT2D eigenvalue weighted by Gasteiger charge is 2.39. The van der Waals surface area contributed by atoms with Gasteiger partial charge in [-0.2, -0.15) is 26.3 Å². The lowest BCUT2D eigenvalue weighted by atomic mass is 9.97. The summed E-state index contributed by atoms with van der Waals surface area (Å²) in [5, 5.41) is 10.4. The van der Waals surface area contributed by atoms with E-state index in [1.54, 1.807) is 0 Å². The maximum absolute atomic E-state index is 14.9. The van der Waals surface area contributed by atoms with Gasteiger partial charge in [0.2, 0.25) is 0 Å². The lowest BCUT2D eigenvalue weighted by Gasteiger charge is -2.35. The molecule has 0 aliphatic rings. The third kappa shape index (κ3) is 8.59. The van der Waals surface area contributed by atoms with Crippen LogP contribution in [0, 0.1) is 5.82 Å². The van der Waals surface area contributed by atoms with Gasteiger partial charge in [0.05, 0.1) is 23.8 Å². The molecule has 0 aliphatic carbocycles. The molecule has 0 aliphatic heterocycles. The molecular weight excluding hydrogens is 624 g/mol. The van der Waals surface area contributed by atoms with Gasteiger partial charge in [-0.25, -0.2) is 4.39 Å². The minimum absolute atomic E-state index is 0.0185. The first kappa shape index (κ1) is 33.4. The Kier molecular flexibility index (Phi) is 9.86. The van der Waals surface area contributed by atoms with Gasteiger partial charge in [-0.3, -0.25) is 0 Å². The van der Waals surface area contributed by atoms with Crippen molar-refractivity contribution >= 4 is 5.69 Å². The molecule has 1 N–H and O–H groups in total. The van der Waals surface area contributed by atoms with Crippen LogP contribution in [0.3, 0.4) is 0 Å². The highest BCUT2D eigenvalue weighted by atomic mass is 19.4. The fourth-order valence-electron chi connectivity index (χ4n) is 4.70. The molecule has 0 fully saturated rings. The van der Waals surface area contributed by atoms with Gasteiger partial charge in [-0.15, -0.1) is 13.2 Å². The lowest BCUT2D eigenvalue weighted by molar-refractivity contribution is -0.274. The second kappa shape index (κ2) is 13.3. The molecular formula is C31H23F10NO3. The Morgan fingerprint density at radius 2 is 1.31 bits per heavy atom. The van der Waals surface area contributed by atoms with Gasteiger partial charge in [-0.1, -0.05) is 42.5 Å². The monoisotopic (exact) mass is 647 g/mol. The number of aliphatic hydroxyl groups is 1. The average Bonchev–Trinajstić information content (AvgIpc) is 2.95. The van der Waals surface area contributed by atoms with Gasteiger partial charge in [0.25, 0.3) is 0 Å². The number of nitrogens with zero attached hydrogens (tertiary/aromatic N) is 1. The zero-order chi connectivity index (χ0) is 33.0. The molecule has 0 radical (unpaired) electrons. The number of aliphatic hydroxyl groups excluding tert-OH is 1. The lowest BCUT2D eigenvalue weighted by Crippen LogP contribution is -2.33. The second-order valence-corrected chi connectivity index (χ2v) is 9.66. The van der Waals surface area contributed by atoms with Crippen LogP contribution in [0.5, 0.6) is 11.5 Å². The Bertz CT molecular complexity index is 1600. The third-order valence-corrected chi connectivity index (χ3v) is 6.61. The molecule has 0 amide bonds. The summed E-state index contributed by atoms with van der Waals surface area (Å²) in [6.07, 6.45) is -14.9. The molecule has 1 atom stereocenters. The molecule has 4 aromatic carbocycles. The summed E-state index contributed by atoms with van der Waals surface area (Å²) in [5.74, 6) is -1.77. The SMILES string of the molecule is OCC(c1ccccc1C(F)(F)F)N(Cc1c(F)cccc1C(F)(F)F)c1cccc(OCc2cccc(OC(F)(F)F)c2)c1. The number of hydrogen-bond acceptors (Lipinski definition) is 4. The van der Waals surface area contributed by atoms with Crippen molar-refractivity contribution in [1.82, 2.24) is 0 Å². The molecule has 0 bridgehead atoms. The molecule has 4 nitrogen and oxygen atoms in total. The molecule has 240 valence electrons. The van der Waals surface area contributed by atoms with E-state index in [0.717, 1.165) is 47.4 Å². The molecule has 0 saturated carbocycles. The van der Waals surface area contributed by atoms with E-state index in [4.69, 9.17) is 4.74 Å². The first-order chi connectivity index (χ1) is 21.1. The van der Waals surface area contributed by atoms with E-state index in [0.29, 0.717) is 6.07 Å². The number of alkyl halides is 9. The highest BCUT2D eigenvalue weighted by molar-refractivity contribution is 5.55. The van der Waals surface area contributed by atoms with Crippen LogP contribution in [0.4, 0.5) is 49.6 Å². The van der Waals surface area contributed by atoms with Gasteiger partial charge in [-0.05, 0) is 53.6 Å². The van der Waals surface area contributed by atoms with Crippen molar-refractivity contribution in [2.45, 2.75) is 37.9 Å². The number of hydrogen-bond donors (Lipinski definition) is 1.